The Morgan fingerprint density at radius 2 is 2.09 bits per heavy atom. The van der Waals surface area contributed by atoms with Crippen molar-refractivity contribution in [2.24, 2.45) is 4.99 Å². The summed E-state index contributed by atoms with van der Waals surface area (Å²) in [6.45, 7) is 2.48. The molecule has 1 aromatic carbocycles. The summed E-state index contributed by atoms with van der Waals surface area (Å²) < 4.78 is 0. The van der Waals surface area contributed by atoms with E-state index in [1.54, 1.807) is 29.2 Å². The molecule has 0 saturated carbocycles. The van der Waals surface area contributed by atoms with Gasteiger partial charge in [-0.25, -0.2) is 4.99 Å². The van der Waals surface area contributed by atoms with Crippen molar-refractivity contribution in [2.45, 2.75) is 6.92 Å². The van der Waals surface area contributed by atoms with E-state index >= 15 is 0 Å². The first-order chi connectivity index (χ1) is 10.7. The van der Waals surface area contributed by atoms with E-state index < -0.39 is 0 Å². The zero-order valence-corrected chi connectivity index (χ0v) is 12.8. The van der Waals surface area contributed by atoms with Crippen LogP contribution in [0.1, 0.15) is 12.6 Å². The predicted octanol–water partition coefficient (Wildman–Crippen LogP) is 3.34. The lowest BCUT2D eigenvalue weighted by Crippen LogP contribution is -2.28. The van der Waals surface area contributed by atoms with E-state index in [2.05, 4.69) is 9.98 Å². The Balaban J connectivity index is 1.91. The number of amides is 1. The zero-order chi connectivity index (χ0) is 15.5. The fraction of sp³-hybridized carbons (Fsp3) is 0.125. The number of nitrogens with zero attached hydrogens (tertiary/aromatic N) is 2. The minimum Gasteiger partial charge on any atom is -0.508 e. The molecule has 112 valence electrons. The van der Waals surface area contributed by atoms with Crippen LogP contribution in [0.25, 0.3) is 6.08 Å². The van der Waals surface area contributed by atoms with Crippen molar-refractivity contribution in [2.75, 3.05) is 6.54 Å². The number of carbonyl (C=O) groups is 1. The van der Waals surface area contributed by atoms with E-state index in [4.69, 9.17) is 0 Å². The van der Waals surface area contributed by atoms with Crippen LogP contribution in [0.4, 0.5) is 5.69 Å². The molecular weight excluding hydrogens is 298 g/mol. The second-order valence-electron chi connectivity index (χ2n) is 4.70. The lowest BCUT2D eigenvalue weighted by Gasteiger charge is -2.11. The van der Waals surface area contributed by atoms with Gasteiger partial charge in [0, 0.05) is 18.4 Å². The molecule has 1 fully saturated rings. The van der Waals surface area contributed by atoms with E-state index in [0.29, 0.717) is 22.3 Å². The predicted molar refractivity (Wildman–Crippen MR) is 88.9 cm³/mol. The number of nitrogens with one attached hydrogen (secondary N) is 1. The SMILES string of the molecule is CCN1C(=O)/C(=C/c2ccc[nH]2)SC1=Nc1ccc(O)cc1. The molecule has 1 amide bonds. The Kier molecular flexibility index (Phi) is 4.02. The molecule has 0 bridgehead atoms. The number of aromatic amines is 1. The number of hydrogen-bond acceptors (Lipinski definition) is 4. The molecule has 22 heavy (non-hydrogen) atoms. The Bertz CT molecular complexity index is 733. The van der Waals surface area contributed by atoms with Crippen LogP contribution in [0.5, 0.6) is 5.75 Å². The van der Waals surface area contributed by atoms with Gasteiger partial charge in [-0.05, 0) is 61.2 Å². The fourth-order valence-electron chi connectivity index (χ4n) is 2.08. The number of hydrogen-bond donors (Lipinski definition) is 2. The number of aromatic hydroxyl groups is 1. The van der Waals surface area contributed by atoms with Crippen LogP contribution in [0.15, 0.2) is 52.5 Å². The summed E-state index contributed by atoms with van der Waals surface area (Å²) in [7, 11) is 0. The molecule has 1 aliphatic heterocycles. The Morgan fingerprint density at radius 3 is 2.73 bits per heavy atom. The van der Waals surface area contributed by atoms with Gasteiger partial charge >= 0.3 is 0 Å². The summed E-state index contributed by atoms with van der Waals surface area (Å²) >= 11 is 1.35. The summed E-state index contributed by atoms with van der Waals surface area (Å²) in [6, 6.07) is 10.4. The van der Waals surface area contributed by atoms with Gasteiger partial charge in [-0.3, -0.25) is 9.69 Å². The quantitative estimate of drug-likeness (QED) is 0.854. The first kappa shape index (κ1) is 14.5. The van der Waals surface area contributed by atoms with Gasteiger partial charge in [0.25, 0.3) is 5.91 Å². The van der Waals surface area contributed by atoms with Crippen molar-refractivity contribution < 1.29 is 9.90 Å². The lowest BCUT2D eigenvalue weighted by molar-refractivity contribution is -0.122. The average Bonchev–Trinajstić information content (AvgIpc) is 3.11. The number of thioether (sulfide) groups is 1. The van der Waals surface area contributed by atoms with Crippen molar-refractivity contribution in [3.8, 4) is 5.75 Å². The average molecular weight is 313 g/mol. The Labute approximate surface area is 132 Å². The fourth-order valence-corrected chi connectivity index (χ4v) is 3.14. The number of likely N-dealkylation sites (N-methyl/N-ethyl adjacent to an activating group) is 1. The maximum absolute atomic E-state index is 12.4. The van der Waals surface area contributed by atoms with Crippen molar-refractivity contribution in [3.63, 3.8) is 0 Å². The maximum Gasteiger partial charge on any atom is 0.266 e. The van der Waals surface area contributed by atoms with Gasteiger partial charge in [0.15, 0.2) is 5.17 Å². The number of amidine groups is 1. The summed E-state index contributed by atoms with van der Waals surface area (Å²) in [6.07, 6.45) is 3.65. The summed E-state index contributed by atoms with van der Waals surface area (Å²) in [5.41, 5.74) is 1.59. The number of aliphatic imine (C=N–C) groups is 1. The molecule has 2 N–H and O–H groups in total. The molecule has 1 aromatic heterocycles. The number of benzene rings is 1. The minimum atomic E-state index is -0.0420. The van der Waals surface area contributed by atoms with Crippen LogP contribution in [-0.2, 0) is 4.79 Å². The molecule has 0 atom stereocenters. The smallest absolute Gasteiger partial charge is 0.266 e. The molecule has 0 aliphatic carbocycles. The highest BCUT2D eigenvalue weighted by Crippen LogP contribution is 2.33. The number of aromatic nitrogens is 1. The third-order valence-electron chi connectivity index (χ3n) is 3.19. The van der Waals surface area contributed by atoms with Crippen molar-refractivity contribution in [1.29, 1.82) is 0 Å². The van der Waals surface area contributed by atoms with Gasteiger partial charge in [0.2, 0.25) is 0 Å². The van der Waals surface area contributed by atoms with Crippen LogP contribution in [0.3, 0.4) is 0 Å². The molecule has 1 saturated heterocycles. The van der Waals surface area contributed by atoms with Gasteiger partial charge in [-0.1, -0.05) is 0 Å². The second-order valence-corrected chi connectivity index (χ2v) is 5.71. The number of phenolic OH excluding ortho intramolecular Hbond substituents is 1. The molecule has 2 aromatic rings. The Morgan fingerprint density at radius 1 is 1.32 bits per heavy atom. The third-order valence-corrected chi connectivity index (χ3v) is 4.19. The van der Waals surface area contributed by atoms with Gasteiger partial charge in [-0.2, -0.15) is 0 Å². The summed E-state index contributed by atoms with van der Waals surface area (Å²) in [5, 5.41) is 9.96. The van der Waals surface area contributed by atoms with E-state index in [0.717, 1.165) is 5.69 Å². The Hall–Kier alpha value is -2.47. The summed E-state index contributed by atoms with van der Waals surface area (Å²) in [5.74, 6) is 0.151. The van der Waals surface area contributed by atoms with Gasteiger partial charge in [-0.15, -0.1) is 0 Å². The summed E-state index contributed by atoms with van der Waals surface area (Å²) in [4.78, 5) is 22.3. The highest BCUT2D eigenvalue weighted by molar-refractivity contribution is 8.18. The van der Waals surface area contributed by atoms with Crippen LogP contribution in [0, 0.1) is 0 Å². The topological polar surface area (TPSA) is 68.7 Å². The molecular formula is C16H15N3O2S. The number of carbonyl (C=O) groups excluding carboxylic acids is 1. The standard InChI is InChI=1S/C16H15N3O2S/c1-2-19-15(21)14(10-12-4-3-9-17-12)22-16(19)18-11-5-7-13(20)8-6-11/h3-10,17,20H,2H2,1H3/b14-10-,18-16?. The first-order valence-corrected chi connectivity index (χ1v) is 7.71. The molecule has 0 radical (unpaired) electrons. The normalized spacial score (nSPS) is 18.6. The van der Waals surface area contributed by atoms with Gasteiger partial charge in [0.1, 0.15) is 5.75 Å². The largest absolute Gasteiger partial charge is 0.508 e. The van der Waals surface area contributed by atoms with Crippen molar-refractivity contribution in [3.05, 3.63) is 53.2 Å². The van der Waals surface area contributed by atoms with Crippen molar-refractivity contribution in [1.82, 2.24) is 9.88 Å². The van der Waals surface area contributed by atoms with Crippen molar-refractivity contribution >= 4 is 34.6 Å². The van der Waals surface area contributed by atoms with Crippen LogP contribution in [-0.4, -0.2) is 32.6 Å². The van der Waals surface area contributed by atoms with E-state index in [-0.39, 0.29) is 11.7 Å². The van der Waals surface area contributed by atoms with E-state index in [1.165, 1.54) is 11.8 Å². The number of rotatable bonds is 3. The molecule has 5 nitrogen and oxygen atoms in total. The lowest BCUT2D eigenvalue weighted by atomic mass is 10.3. The van der Waals surface area contributed by atoms with Crippen LogP contribution in [0.2, 0.25) is 0 Å². The van der Waals surface area contributed by atoms with E-state index in [9.17, 15) is 9.90 Å². The monoisotopic (exact) mass is 313 g/mol. The number of phenols is 1. The highest BCUT2D eigenvalue weighted by atomic mass is 32.2. The van der Waals surface area contributed by atoms with Crippen LogP contribution < -0.4 is 0 Å². The van der Waals surface area contributed by atoms with Crippen LogP contribution >= 0.6 is 11.8 Å². The first-order valence-electron chi connectivity index (χ1n) is 6.90. The maximum atomic E-state index is 12.4. The minimum absolute atomic E-state index is 0.0420. The number of H-pyrrole nitrogens is 1. The molecule has 6 heteroatoms. The van der Waals surface area contributed by atoms with Gasteiger partial charge < -0.3 is 10.1 Å². The second kappa shape index (κ2) is 6.11. The molecule has 0 spiro atoms. The highest BCUT2D eigenvalue weighted by Gasteiger charge is 2.32. The zero-order valence-electron chi connectivity index (χ0n) is 12.0. The molecule has 3 rings (SSSR count). The molecule has 2 heterocycles. The molecule has 1 aliphatic rings. The van der Waals surface area contributed by atoms with E-state index in [1.807, 2.05) is 31.3 Å². The van der Waals surface area contributed by atoms with Gasteiger partial charge in [0.05, 0.1) is 10.6 Å². The molecule has 0 unspecified atom stereocenters. The third kappa shape index (κ3) is 2.92.